The first-order valence-electron chi connectivity index (χ1n) is 9.27. The van der Waals surface area contributed by atoms with E-state index in [0.29, 0.717) is 37.2 Å². The highest BCUT2D eigenvalue weighted by atomic mass is 19.3. The lowest BCUT2D eigenvalue weighted by atomic mass is 10.0. The standard InChI is InChI=1S/C20H22F3N3O4/c1-11-25-14(9-15(27)28-3)16(19-29-7-8-30-19)18(26-11)24-10-12-5-4-6-13(17(12)21)20(2,22)23/h4-6,19H,7-10H2,1-3H3,(H,24,25,26). The van der Waals surface area contributed by atoms with Gasteiger partial charge in [0.05, 0.1) is 43.6 Å². The molecule has 0 amide bonds. The molecular weight excluding hydrogens is 403 g/mol. The van der Waals surface area contributed by atoms with Crippen molar-refractivity contribution >= 4 is 11.8 Å². The van der Waals surface area contributed by atoms with Gasteiger partial charge in [0.25, 0.3) is 5.92 Å². The van der Waals surface area contributed by atoms with Crippen molar-refractivity contribution in [3.63, 3.8) is 0 Å². The first-order valence-corrected chi connectivity index (χ1v) is 9.27. The van der Waals surface area contributed by atoms with Gasteiger partial charge < -0.3 is 19.5 Å². The largest absolute Gasteiger partial charge is 0.469 e. The Morgan fingerprint density at radius 3 is 2.63 bits per heavy atom. The molecule has 0 unspecified atom stereocenters. The minimum atomic E-state index is -3.31. The summed E-state index contributed by atoms with van der Waals surface area (Å²) in [6.07, 6.45) is -0.956. The Bertz CT molecular complexity index is 928. The fourth-order valence-electron chi connectivity index (χ4n) is 3.12. The van der Waals surface area contributed by atoms with Crippen molar-refractivity contribution in [3.05, 3.63) is 52.2 Å². The maximum absolute atomic E-state index is 14.6. The summed E-state index contributed by atoms with van der Waals surface area (Å²) in [5, 5.41) is 2.95. The highest BCUT2D eigenvalue weighted by Crippen LogP contribution is 2.33. The second-order valence-corrected chi connectivity index (χ2v) is 6.83. The molecule has 0 spiro atoms. The van der Waals surface area contributed by atoms with Crippen LogP contribution in [0.2, 0.25) is 0 Å². The molecule has 2 heterocycles. The summed E-state index contributed by atoms with van der Waals surface area (Å²) >= 11 is 0. The molecule has 1 N–H and O–H groups in total. The molecule has 162 valence electrons. The average Bonchev–Trinajstić information content (AvgIpc) is 3.20. The SMILES string of the molecule is COC(=O)Cc1nc(C)nc(NCc2cccc(C(C)(F)F)c2F)c1C1OCCO1. The Balaban J connectivity index is 1.95. The maximum Gasteiger partial charge on any atom is 0.311 e. The molecule has 0 radical (unpaired) electrons. The van der Waals surface area contributed by atoms with Crippen LogP contribution < -0.4 is 5.32 Å². The Morgan fingerprint density at radius 1 is 1.30 bits per heavy atom. The molecule has 3 rings (SSSR count). The monoisotopic (exact) mass is 425 g/mol. The molecule has 10 heteroatoms. The van der Waals surface area contributed by atoms with E-state index in [-0.39, 0.29) is 24.3 Å². The van der Waals surface area contributed by atoms with Gasteiger partial charge in [0.1, 0.15) is 17.5 Å². The molecule has 1 aromatic heterocycles. The van der Waals surface area contributed by atoms with Crippen LogP contribution >= 0.6 is 0 Å². The van der Waals surface area contributed by atoms with Gasteiger partial charge in [-0.2, -0.15) is 0 Å². The number of esters is 1. The van der Waals surface area contributed by atoms with Crippen LogP contribution in [0.1, 0.15) is 41.4 Å². The molecule has 7 nitrogen and oxygen atoms in total. The number of methoxy groups -OCH3 is 1. The van der Waals surface area contributed by atoms with Crippen LogP contribution in [0, 0.1) is 12.7 Å². The smallest absolute Gasteiger partial charge is 0.311 e. The molecule has 1 aromatic carbocycles. The lowest BCUT2D eigenvalue weighted by molar-refractivity contribution is -0.139. The van der Waals surface area contributed by atoms with Crippen molar-refractivity contribution < 1.29 is 32.2 Å². The van der Waals surface area contributed by atoms with Crippen LogP contribution in [-0.2, 0) is 37.9 Å². The summed E-state index contributed by atoms with van der Waals surface area (Å²) in [5.74, 6) is -4.19. The van der Waals surface area contributed by atoms with E-state index in [1.54, 1.807) is 6.92 Å². The van der Waals surface area contributed by atoms with Crippen molar-refractivity contribution in [3.8, 4) is 0 Å². The number of hydrogen-bond acceptors (Lipinski definition) is 7. The Kier molecular flexibility index (Phi) is 6.57. The number of anilines is 1. The number of alkyl halides is 2. The van der Waals surface area contributed by atoms with Gasteiger partial charge in [-0.3, -0.25) is 4.79 Å². The number of benzene rings is 1. The minimum absolute atomic E-state index is 0.0408. The second-order valence-electron chi connectivity index (χ2n) is 6.83. The third kappa shape index (κ3) is 4.88. The number of hydrogen-bond donors (Lipinski definition) is 1. The highest BCUT2D eigenvalue weighted by Gasteiger charge is 2.30. The number of nitrogens with one attached hydrogen (secondary N) is 1. The zero-order valence-electron chi connectivity index (χ0n) is 16.8. The summed E-state index contributed by atoms with van der Waals surface area (Å²) < 4.78 is 57.7. The minimum Gasteiger partial charge on any atom is -0.469 e. The number of carbonyl (C=O) groups is 1. The van der Waals surface area contributed by atoms with Gasteiger partial charge >= 0.3 is 5.97 Å². The zero-order chi connectivity index (χ0) is 21.9. The molecule has 0 saturated carbocycles. The number of ether oxygens (including phenoxy) is 3. The van der Waals surface area contributed by atoms with Gasteiger partial charge in [-0.1, -0.05) is 18.2 Å². The van der Waals surface area contributed by atoms with Crippen molar-refractivity contribution in [2.24, 2.45) is 0 Å². The first kappa shape index (κ1) is 22.0. The Labute approximate surface area is 171 Å². The third-order valence-electron chi connectivity index (χ3n) is 4.53. The number of rotatable bonds is 7. The molecule has 0 bridgehead atoms. The number of halogens is 3. The molecule has 1 aliphatic heterocycles. The lowest BCUT2D eigenvalue weighted by Crippen LogP contribution is -2.18. The molecule has 0 aliphatic carbocycles. The van der Waals surface area contributed by atoms with E-state index in [2.05, 4.69) is 15.3 Å². The van der Waals surface area contributed by atoms with Crippen molar-refractivity contribution in [1.29, 1.82) is 0 Å². The van der Waals surface area contributed by atoms with Crippen LogP contribution in [0.25, 0.3) is 0 Å². The summed E-state index contributed by atoms with van der Waals surface area (Å²) in [5.41, 5.74) is 0.0905. The van der Waals surface area contributed by atoms with Gasteiger partial charge in [-0.05, 0) is 6.92 Å². The first-order chi connectivity index (χ1) is 14.2. The van der Waals surface area contributed by atoms with Crippen LogP contribution in [0.15, 0.2) is 18.2 Å². The predicted molar refractivity (Wildman–Crippen MR) is 100 cm³/mol. The van der Waals surface area contributed by atoms with E-state index in [4.69, 9.17) is 14.2 Å². The molecule has 1 fully saturated rings. The number of aryl methyl sites for hydroxylation is 1. The van der Waals surface area contributed by atoms with Crippen LogP contribution in [0.4, 0.5) is 19.0 Å². The van der Waals surface area contributed by atoms with Crippen LogP contribution in [-0.4, -0.2) is 36.3 Å². The topological polar surface area (TPSA) is 82.6 Å². The molecule has 1 saturated heterocycles. The predicted octanol–water partition coefficient (Wildman–Crippen LogP) is 3.41. The number of aromatic nitrogens is 2. The Morgan fingerprint density at radius 2 is 2.00 bits per heavy atom. The van der Waals surface area contributed by atoms with Gasteiger partial charge in [0, 0.05) is 19.0 Å². The van der Waals surface area contributed by atoms with Crippen LogP contribution in [0.3, 0.4) is 0 Å². The van der Waals surface area contributed by atoms with Crippen molar-refractivity contribution in [1.82, 2.24) is 9.97 Å². The van der Waals surface area contributed by atoms with Gasteiger partial charge in [0.15, 0.2) is 6.29 Å². The summed E-state index contributed by atoms with van der Waals surface area (Å²) in [6.45, 7) is 2.84. The Hall–Kier alpha value is -2.72. The molecule has 1 aliphatic rings. The zero-order valence-corrected chi connectivity index (χ0v) is 16.8. The van der Waals surface area contributed by atoms with Crippen molar-refractivity contribution in [2.75, 3.05) is 25.6 Å². The van der Waals surface area contributed by atoms with Crippen LogP contribution in [0.5, 0.6) is 0 Å². The normalized spacial score (nSPS) is 14.7. The molecule has 2 aromatic rings. The average molecular weight is 425 g/mol. The van der Waals surface area contributed by atoms with E-state index in [0.717, 1.165) is 6.07 Å². The lowest BCUT2D eigenvalue weighted by Gasteiger charge is -2.19. The fraction of sp³-hybridized carbons (Fsp3) is 0.450. The molecule has 0 atom stereocenters. The number of nitrogens with zero attached hydrogens (tertiary/aromatic N) is 2. The summed E-state index contributed by atoms with van der Waals surface area (Å²) in [6, 6.07) is 3.82. The van der Waals surface area contributed by atoms with Crippen molar-refractivity contribution in [2.45, 2.75) is 39.0 Å². The van der Waals surface area contributed by atoms with E-state index in [1.807, 2.05) is 0 Å². The van der Waals surface area contributed by atoms with E-state index < -0.39 is 29.6 Å². The van der Waals surface area contributed by atoms with Gasteiger partial charge in [-0.15, -0.1) is 0 Å². The molecular formula is C20H22F3N3O4. The highest BCUT2D eigenvalue weighted by molar-refractivity contribution is 5.73. The number of carbonyl (C=O) groups excluding carboxylic acids is 1. The van der Waals surface area contributed by atoms with E-state index >= 15 is 0 Å². The second kappa shape index (κ2) is 8.97. The van der Waals surface area contributed by atoms with Gasteiger partial charge in [-0.25, -0.2) is 23.1 Å². The summed E-state index contributed by atoms with van der Waals surface area (Å²) in [7, 11) is 1.26. The molecule has 30 heavy (non-hydrogen) atoms. The third-order valence-corrected chi connectivity index (χ3v) is 4.53. The fourth-order valence-corrected chi connectivity index (χ4v) is 3.12. The van der Waals surface area contributed by atoms with E-state index in [9.17, 15) is 18.0 Å². The maximum atomic E-state index is 14.6. The van der Waals surface area contributed by atoms with E-state index in [1.165, 1.54) is 19.2 Å². The summed E-state index contributed by atoms with van der Waals surface area (Å²) in [4.78, 5) is 20.4. The van der Waals surface area contributed by atoms with Gasteiger partial charge in [0.2, 0.25) is 0 Å². The quantitative estimate of drug-likeness (QED) is 0.681.